The molecule has 0 aliphatic rings. The van der Waals surface area contributed by atoms with Crippen LogP contribution in [-0.2, 0) is 11.3 Å². The zero-order valence-electron chi connectivity index (χ0n) is 13.8. The molecule has 124 valence electrons. The number of nitrogens with zero attached hydrogens (tertiary/aromatic N) is 2. The van der Waals surface area contributed by atoms with Gasteiger partial charge in [-0.25, -0.2) is 0 Å². The SMILES string of the molecule is Cc1cnn([C@H](C)[C@H](C)NCc2cccc(OCC(N)=O)c2)c1. The number of primary amides is 1. The van der Waals surface area contributed by atoms with Gasteiger partial charge in [0, 0.05) is 18.8 Å². The molecular weight excluding hydrogens is 292 g/mol. The number of benzene rings is 1. The van der Waals surface area contributed by atoms with Gasteiger partial charge in [-0.1, -0.05) is 12.1 Å². The molecule has 6 nitrogen and oxygen atoms in total. The van der Waals surface area contributed by atoms with Gasteiger partial charge in [0.05, 0.1) is 12.2 Å². The minimum atomic E-state index is -0.481. The maximum atomic E-state index is 10.8. The number of aryl methyl sites for hydroxylation is 1. The number of ether oxygens (including phenoxy) is 1. The molecule has 0 saturated heterocycles. The highest BCUT2D eigenvalue weighted by molar-refractivity contribution is 5.75. The average molecular weight is 316 g/mol. The van der Waals surface area contributed by atoms with Crippen molar-refractivity contribution in [2.75, 3.05) is 6.61 Å². The van der Waals surface area contributed by atoms with E-state index in [9.17, 15) is 4.79 Å². The summed E-state index contributed by atoms with van der Waals surface area (Å²) in [5.41, 5.74) is 7.32. The third-order valence-electron chi connectivity index (χ3n) is 3.78. The van der Waals surface area contributed by atoms with E-state index in [2.05, 4.69) is 24.3 Å². The summed E-state index contributed by atoms with van der Waals surface area (Å²) in [6.45, 7) is 6.90. The molecule has 0 unspecified atom stereocenters. The normalized spacial score (nSPS) is 13.5. The lowest BCUT2D eigenvalue weighted by molar-refractivity contribution is -0.119. The van der Waals surface area contributed by atoms with Crippen LogP contribution in [0.5, 0.6) is 5.75 Å². The monoisotopic (exact) mass is 316 g/mol. The first-order chi connectivity index (χ1) is 11.0. The van der Waals surface area contributed by atoms with Gasteiger partial charge in [-0.2, -0.15) is 5.10 Å². The smallest absolute Gasteiger partial charge is 0.255 e. The summed E-state index contributed by atoms with van der Waals surface area (Å²) in [6.07, 6.45) is 3.91. The summed E-state index contributed by atoms with van der Waals surface area (Å²) in [5.74, 6) is 0.164. The highest BCUT2D eigenvalue weighted by atomic mass is 16.5. The number of rotatable bonds is 8. The van der Waals surface area contributed by atoms with E-state index >= 15 is 0 Å². The molecule has 6 heteroatoms. The molecule has 1 aromatic carbocycles. The lowest BCUT2D eigenvalue weighted by atomic mass is 10.1. The number of aromatic nitrogens is 2. The number of hydrogen-bond donors (Lipinski definition) is 2. The fraction of sp³-hybridized carbons (Fsp3) is 0.412. The molecule has 3 N–H and O–H groups in total. The van der Waals surface area contributed by atoms with Crippen LogP contribution in [0, 0.1) is 6.92 Å². The summed E-state index contributed by atoms with van der Waals surface area (Å²) in [4.78, 5) is 10.8. The molecular formula is C17H24N4O2. The molecule has 1 heterocycles. The molecule has 0 radical (unpaired) electrons. The lowest BCUT2D eigenvalue weighted by Crippen LogP contribution is -2.33. The summed E-state index contributed by atoms with van der Waals surface area (Å²) in [7, 11) is 0. The standard InChI is InChI=1S/C17H24N4O2/c1-12-8-20-21(10-12)14(3)13(2)19-9-15-5-4-6-16(7-15)23-11-17(18)22/h4-8,10,13-14,19H,9,11H2,1-3H3,(H2,18,22)/t13-,14+/m0/s1. The van der Waals surface area contributed by atoms with Crippen molar-refractivity contribution in [3.05, 3.63) is 47.8 Å². The minimum Gasteiger partial charge on any atom is -0.484 e. The van der Waals surface area contributed by atoms with Crippen molar-refractivity contribution in [2.24, 2.45) is 5.73 Å². The number of carbonyl (C=O) groups excluding carboxylic acids is 1. The molecule has 0 spiro atoms. The lowest BCUT2D eigenvalue weighted by Gasteiger charge is -2.22. The van der Waals surface area contributed by atoms with Crippen LogP contribution in [0.2, 0.25) is 0 Å². The number of carbonyl (C=O) groups is 1. The molecule has 2 rings (SSSR count). The van der Waals surface area contributed by atoms with Crippen molar-refractivity contribution >= 4 is 5.91 Å². The predicted molar refractivity (Wildman–Crippen MR) is 89.1 cm³/mol. The van der Waals surface area contributed by atoms with Gasteiger partial charge in [0.2, 0.25) is 0 Å². The molecule has 0 saturated carbocycles. The van der Waals surface area contributed by atoms with Gasteiger partial charge in [0.15, 0.2) is 6.61 Å². The summed E-state index contributed by atoms with van der Waals surface area (Å²) >= 11 is 0. The van der Waals surface area contributed by atoms with E-state index in [0.717, 1.165) is 11.1 Å². The molecule has 0 aliphatic carbocycles. The van der Waals surface area contributed by atoms with E-state index in [-0.39, 0.29) is 18.7 Å². The first-order valence-corrected chi connectivity index (χ1v) is 7.70. The van der Waals surface area contributed by atoms with E-state index in [1.165, 1.54) is 0 Å². The highest BCUT2D eigenvalue weighted by Crippen LogP contribution is 2.15. The molecule has 1 aromatic heterocycles. The topological polar surface area (TPSA) is 82.2 Å². The fourth-order valence-electron chi connectivity index (χ4n) is 2.23. The van der Waals surface area contributed by atoms with Crippen molar-refractivity contribution in [3.63, 3.8) is 0 Å². The zero-order valence-corrected chi connectivity index (χ0v) is 13.8. The third-order valence-corrected chi connectivity index (χ3v) is 3.78. The minimum absolute atomic E-state index is 0.108. The molecule has 0 aliphatic heterocycles. The van der Waals surface area contributed by atoms with E-state index in [0.29, 0.717) is 12.3 Å². The zero-order chi connectivity index (χ0) is 16.8. The van der Waals surface area contributed by atoms with Crippen LogP contribution >= 0.6 is 0 Å². The highest BCUT2D eigenvalue weighted by Gasteiger charge is 2.14. The first-order valence-electron chi connectivity index (χ1n) is 7.70. The maximum Gasteiger partial charge on any atom is 0.255 e. The van der Waals surface area contributed by atoms with Crippen LogP contribution in [0.15, 0.2) is 36.7 Å². The van der Waals surface area contributed by atoms with Crippen LogP contribution < -0.4 is 15.8 Å². The Hall–Kier alpha value is -2.34. The summed E-state index contributed by atoms with van der Waals surface area (Å²) in [6, 6.07) is 8.14. The first kappa shape index (κ1) is 17.0. The van der Waals surface area contributed by atoms with E-state index in [4.69, 9.17) is 10.5 Å². The summed E-state index contributed by atoms with van der Waals surface area (Å²) < 4.78 is 7.29. The second-order valence-corrected chi connectivity index (χ2v) is 5.81. The number of hydrogen-bond acceptors (Lipinski definition) is 4. The molecule has 0 fully saturated rings. The average Bonchev–Trinajstić information content (AvgIpc) is 2.96. The number of nitrogens with one attached hydrogen (secondary N) is 1. The van der Waals surface area contributed by atoms with Gasteiger partial charge in [-0.05, 0) is 44.0 Å². The predicted octanol–water partition coefficient (Wildman–Crippen LogP) is 1.79. The Kier molecular flexibility index (Phi) is 5.76. The largest absolute Gasteiger partial charge is 0.484 e. The second-order valence-electron chi connectivity index (χ2n) is 5.81. The quantitative estimate of drug-likeness (QED) is 0.778. The molecule has 23 heavy (non-hydrogen) atoms. The van der Waals surface area contributed by atoms with Crippen LogP contribution in [0.25, 0.3) is 0 Å². The maximum absolute atomic E-state index is 10.8. The van der Waals surface area contributed by atoms with Crippen molar-refractivity contribution in [1.82, 2.24) is 15.1 Å². The van der Waals surface area contributed by atoms with Crippen LogP contribution in [0.1, 0.15) is 31.0 Å². The van der Waals surface area contributed by atoms with E-state index < -0.39 is 5.91 Å². The Bertz CT molecular complexity index is 654. The molecule has 1 amide bonds. The van der Waals surface area contributed by atoms with Gasteiger partial charge in [-0.3, -0.25) is 9.48 Å². The molecule has 2 aromatic rings. The molecule has 2 atom stereocenters. The van der Waals surface area contributed by atoms with Crippen molar-refractivity contribution in [1.29, 1.82) is 0 Å². The second kappa shape index (κ2) is 7.78. The van der Waals surface area contributed by atoms with Crippen molar-refractivity contribution in [2.45, 2.75) is 39.4 Å². The van der Waals surface area contributed by atoms with Gasteiger partial charge in [0.25, 0.3) is 5.91 Å². The van der Waals surface area contributed by atoms with Gasteiger partial charge >= 0.3 is 0 Å². The van der Waals surface area contributed by atoms with Crippen LogP contribution in [0.3, 0.4) is 0 Å². The Labute approximate surface area is 136 Å². The fourth-order valence-corrected chi connectivity index (χ4v) is 2.23. The third kappa shape index (κ3) is 5.10. The van der Waals surface area contributed by atoms with E-state index in [1.54, 1.807) is 0 Å². The Morgan fingerprint density at radius 1 is 1.43 bits per heavy atom. The Morgan fingerprint density at radius 3 is 2.87 bits per heavy atom. The number of nitrogens with two attached hydrogens (primary N) is 1. The van der Waals surface area contributed by atoms with Crippen LogP contribution in [0.4, 0.5) is 0 Å². The van der Waals surface area contributed by atoms with E-state index in [1.807, 2.05) is 48.3 Å². The van der Waals surface area contributed by atoms with Gasteiger partial charge in [-0.15, -0.1) is 0 Å². The van der Waals surface area contributed by atoms with Crippen molar-refractivity contribution in [3.8, 4) is 5.75 Å². The van der Waals surface area contributed by atoms with Crippen molar-refractivity contribution < 1.29 is 9.53 Å². The van der Waals surface area contributed by atoms with Gasteiger partial charge < -0.3 is 15.8 Å². The molecule has 0 bridgehead atoms. The summed E-state index contributed by atoms with van der Waals surface area (Å²) in [5, 5.41) is 7.85. The Balaban J connectivity index is 1.89. The number of amides is 1. The van der Waals surface area contributed by atoms with Crippen LogP contribution in [-0.4, -0.2) is 28.3 Å². The Morgan fingerprint density at radius 2 is 2.22 bits per heavy atom. The van der Waals surface area contributed by atoms with Gasteiger partial charge in [0.1, 0.15) is 5.75 Å².